The Morgan fingerprint density at radius 1 is 1.29 bits per heavy atom. The quantitative estimate of drug-likeness (QED) is 0.369. The van der Waals surface area contributed by atoms with E-state index in [0.29, 0.717) is 0 Å². The smallest absolute Gasteiger partial charge is 0.269 e. The van der Waals surface area contributed by atoms with E-state index in [4.69, 9.17) is 0 Å². The van der Waals surface area contributed by atoms with Crippen LogP contribution in [0.15, 0.2) is 36.5 Å². The number of carbonyl (C=O) groups is 2. The Morgan fingerprint density at radius 3 is 2.24 bits per heavy atom. The van der Waals surface area contributed by atoms with Crippen molar-refractivity contribution in [3.05, 3.63) is 52.2 Å². The molecule has 0 aliphatic rings. The van der Waals surface area contributed by atoms with Crippen molar-refractivity contribution in [3.8, 4) is 0 Å². The maximum absolute atomic E-state index is 11.7. The minimum atomic E-state index is -0.559. The van der Waals surface area contributed by atoms with Gasteiger partial charge >= 0.3 is 0 Å². The number of nitrogens with one attached hydrogen (secondary N) is 1. The summed E-state index contributed by atoms with van der Waals surface area (Å²) in [4.78, 5) is 32.2. The van der Waals surface area contributed by atoms with Gasteiger partial charge < -0.3 is 5.32 Å². The summed E-state index contributed by atoms with van der Waals surface area (Å²) in [6.45, 7) is 4.67. The molecule has 0 bridgehead atoms. The van der Waals surface area contributed by atoms with E-state index in [1.54, 1.807) is 0 Å². The Morgan fingerprint density at radius 2 is 1.82 bits per heavy atom. The third kappa shape index (κ3) is 3.23. The molecule has 88 valence electrons. The summed E-state index contributed by atoms with van der Waals surface area (Å²) in [7, 11) is 0. The van der Waals surface area contributed by atoms with E-state index in [9.17, 15) is 19.7 Å². The van der Waals surface area contributed by atoms with Crippen LogP contribution in [0.4, 0.5) is 5.69 Å². The third-order valence-electron chi connectivity index (χ3n) is 1.94. The number of nitro groups is 1. The summed E-state index contributed by atoms with van der Waals surface area (Å²) in [5, 5.41) is 12.7. The lowest BCUT2D eigenvalue weighted by molar-refractivity contribution is -0.384. The molecule has 1 aromatic carbocycles. The summed E-state index contributed by atoms with van der Waals surface area (Å²) in [5.74, 6) is -0.875. The molecule has 0 aliphatic carbocycles. The van der Waals surface area contributed by atoms with E-state index >= 15 is 0 Å². The van der Waals surface area contributed by atoms with Crippen molar-refractivity contribution in [2.24, 2.45) is 0 Å². The van der Waals surface area contributed by atoms with Crippen LogP contribution in [-0.4, -0.2) is 16.6 Å². The Labute approximate surface area is 97.1 Å². The van der Waals surface area contributed by atoms with Crippen molar-refractivity contribution in [3.63, 3.8) is 0 Å². The second-order valence-electron chi connectivity index (χ2n) is 3.29. The third-order valence-corrected chi connectivity index (χ3v) is 1.94. The van der Waals surface area contributed by atoms with Gasteiger partial charge in [0.2, 0.25) is 11.7 Å². The van der Waals surface area contributed by atoms with Gasteiger partial charge in [0.1, 0.15) is 0 Å². The van der Waals surface area contributed by atoms with Crippen LogP contribution in [0.5, 0.6) is 0 Å². The van der Waals surface area contributed by atoms with Crippen LogP contribution >= 0.6 is 0 Å². The highest BCUT2D eigenvalue weighted by Gasteiger charge is 2.13. The number of hydrogen-bond donors (Lipinski definition) is 1. The summed E-state index contributed by atoms with van der Waals surface area (Å²) in [6.07, 6.45) is 0. The zero-order valence-electron chi connectivity index (χ0n) is 9.10. The number of Topliss-reactive ketones (excluding diaryl/α,β-unsaturated/α-hetero) is 1. The van der Waals surface area contributed by atoms with Crippen LogP contribution < -0.4 is 5.32 Å². The number of rotatable bonds is 4. The van der Waals surface area contributed by atoms with Crippen molar-refractivity contribution in [1.82, 2.24) is 5.32 Å². The SMILES string of the molecule is C=C(NC(C)=O)C(=O)c1ccc([N+](=O)[O-])cc1. The molecule has 0 radical (unpaired) electrons. The van der Waals surface area contributed by atoms with E-state index in [1.165, 1.54) is 31.2 Å². The van der Waals surface area contributed by atoms with Crippen LogP contribution in [0.3, 0.4) is 0 Å². The lowest BCUT2D eigenvalue weighted by Crippen LogP contribution is -2.24. The largest absolute Gasteiger partial charge is 0.324 e. The van der Waals surface area contributed by atoms with E-state index in [2.05, 4.69) is 11.9 Å². The first-order valence-electron chi connectivity index (χ1n) is 4.67. The molecule has 0 saturated carbocycles. The first-order chi connectivity index (χ1) is 7.91. The van der Waals surface area contributed by atoms with Gasteiger partial charge in [-0.2, -0.15) is 0 Å². The molecule has 1 amide bonds. The minimum Gasteiger partial charge on any atom is -0.324 e. The van der Waals surface area contributed by atoms with E-state index in [0.717, 1.165) is 0 Å². The Hall–Kier alpha value is -2.50. The molecule has 6 nitrogen and oxygen atoms in total. The number of allylic oxidation sites excluding steroid dienone is 1. The van der Waals surface area contributed by atoms with Crippen LogP contribution in [0.25, 0.3) is 0 Å². The van der Waals surface area contributed by atoms with Crippen molar-refractivity contribution < 1.29 is 14.5 Å². The van der Waals surface area contributed by atoms with Crippen molar-refractivity contribution >= 4 is 17.4 Å². The lowest BCUT2D eigenvalue weighted by Gasteiger charge is -2.04. The van der Waals surface area contributed by atoms with E-state index in [1.807, 2.05) is 0 Å². The van der Waals surface area contributed by atoms with Crippen molar-refractivity contribution in [1.29, 1.82) is 0 Å². The molecule has 0 atom stereocenters. The highest BCUT2D eigenvalue weighted by atomic mass is 16.6. The van der Waals surface area contributed by atoms with Gasteiger partial charge in [-0.25, -0.2) is 0 Å². The molecule has 0 fully saturated rings. The molecular formula is C11H10N2O4. The van der Waals surface area contributed by atoms with Gasteiger partial charge in [0, 0.05) is 24.6 Å². The lowest BCUT2D eigenvalue weighted by atomic mass is 10.1. The molecule has 0 heterocycles. The second kappa shape index (κ2) is 5.02. The van der Waals surface area contributed by atoms with Gasteiger partial charge in [0.15, 0.2) is 0 Å². The predicted molar refractivity (Wildman–Crippen MR) is 60.4 cm³/mol. The number of non-ortho nitro benzene ring substituents is 1. The van der Waals surface area contributed by atoms with Crippen LogP contribution in [0, 0.1) is 10.1 Å². The maximum Gasteiger partial charge on any atom is 0.269 e. The molecule has 17 heavy (non-hydrogen) atoms. The van der Waals surface area contributed by atoms with E-state index < -0.39 is 16.6 Å². The van der Waals surface area contributed by atoms with Gasteiger partial charge in [-0.15, -0.1) is 0 Å². The average Bonchev–Trinajstić information content (AvgIpc) is 2.27. The number of nitrogens with zero attached hydrogens (tertiary/aromatic N) is 1. The second-order valence-corrected chi connectivity index (χ2v) is 3.29. The highest BCUT2D eigenvalue weighted by Crippen LogP contribution is 2.13. The van der Waals surface area contributed by atoms with Gasteiger partial charge in [-0.05, 0) is 12.1 Å². The number of hydrogen-bond acceptors (Lipinski definition) is 4. The normalized spacial score (nSPS) is 9.47. The molecule has 0 aliphatic heterocycles. The Kier molecular flexibility index (Phi) is 3.71. The van der Waals surface area contributed by atoms with Crippen LogP contribution in [-0.2, 0) is 4.79 Å². The summed E-state index contributed by atoms with van der Waals surface area (Å²) < 4.78 is 0. The Balaban J connectivity index is 2.86. The molecule has 0 saturated heterocycles. The van der Waals surface area contributed by atoms with Gasteiger partial charge in [0.05, 0.1) is 10.6 Å². The topological polar surface area (TPSA) is 89.3 Å². The monoisotopic (exact) mass is 234 g/mol. The van der Waals surface area contributed by atoms with Crippen molar-refractivity contribution in [2.75, 3.05) is 0 Å². The Bertz CT molecular complexity index is 491. The molecule has 1 rings (SSSR count). The highest BCUT2D eigenvalue weighted by molar-refractivity contribution is 6.09. The summed E-state index contributed by atoms with van der Waals surface area (Å²) >= 11 is 0. The zero-order valence-corrected chi connectivity index (χ0v) is 9.10. The molecule has 0 spiro atoms. The number of carbonyl (C=O) groups excluding carboxylic acids is 2. The maximum atomic E-state index is 11.7. The fourth-order valence-electron chi connectivity index (χ4n) is 1.18. The number of nitro benzene ring substituents is 1. The average molecular weight is 234 g/mol. The molecule has 1 N–H and O–H groups in total. The van der Waals surface area contributed by atoms with Gasteiger partial charge in [-0.1, -0.05) is 6.58 Å². The van der Waals surface area contributed by atoms with Crippen molar-refractivity contribution in [2.45, 2.75) is 6.92 Å². The first-order valence-corrected chi connectivity index (χ1v) is 4.67. The number of ketones is 1. The summed E-state index contributed by atoms with van der Waals surface area (Å²) in [5.41, 5.74) is 0.0624. The standard InChI is InChI=1S/C11H10N2O4/c1-7(12-8(2)14)11(15)9-3-5-10(6-4-9)13(16)17/h3-6H,1H2,2H3,(H,12,14). The number of amides is 1. The molecule has 1 aromatic rings. The predicted octanol–water partition coefficient (Wildman–Crippen LogP) is 1.43. The van der Waals surface area contributed by atoms with Gasteiger partial charge in [0.25, 0.3) is 5.69 Å². The minimum absolute atomic E-state index is 0.0636. The first kappa shape index (κ1) is 12.6. The molecule has 0 unspecified atom stereocenters. The van der Waals surface area contributed by atoms with E-state index in [-0.39, 0.29) is 16.9 Å². The fourth-order valence-corrected chi connectivity index (χ4v) is 1.18. The zero-order chi connectivity index (χ0) is 13.0. The molecule has 0 aromatic heterocycles. The van der Waals surface area contributed by atoms with Gasteiger partial charge in [-0.3, -0.25) is 19.7 Å². The number of benzene rings is 1. The van der Waals surface area contributed by atoms with Crippen LogP contribution in [0.2, 0.25) is 0 Å². The molecular weight excluding hydrogens is 224 g/mol. The summed E-state index contributed by atoms with van der Waals surface area (Å²) in [6, 6.07) is 5.06. The fraction of sp³-hybridized carbons (Fsp3) is 0.0909. The molecule has 6 heteroatoms. The van der Waals surface area contributed by atoms with Crippen LogP contribution in [0.1, 0.15) is 17.3 Å².